The number of thiocyanates is 2. The van der Waals surface area contributed by atoms with Crippen LogP contribution in [0.3, 0.4) is 0 Å². The van der Waals surface area contributed by atoms with E-state index in [1.807, 2.05) is 103 Å². The van der Waals surface area contributed by atoms with Crippen molar-refractivity contribution in [1.29, 1.82) is 10.5 Å². The van der Waals surface area contributed by atoms with Gasteiger partial charge in [0, 0.05) is 86.4 Å². The molecule has 13 rings (SSSR count). The Kier molecular flexibility index (Phi) is 30.3. The number of nitriles is 2. The summed E-state index contributed by atoms with van der Waals surface area (Å²) < 4.78 is 64.6. The molecule has 4 atom stereocenters. The molecule has 0 radical (unpaired) electrons. The number of thiocarbonyl (C=S) groups is 1. The van der Waals surface area contributed by atoms with Crippen LogP contribution >= 0.6 is 35.6 Å². The standard InChI is InChI=1S/C33H34FN5O4S.C24H27FN4O3.C9H7NOS.C8H7ClO.CHNS.Ag/c1-39-16-22-10-21(11-23(22)17-39)18-42-30-15-27-25(14-29(30)41-2)32(36-19-35-27)43-28-9-8-24(13-26(28)34)37-33(44)38-31(40)12-20-6-4-3-5-7-20;1-29-10-15-5-14(6-16(15)11-29)12-31-23-9-20-18(8-22(23)30-2)24(28-13-27-20)32-21-4-3-17(26)7-19(21)25;10-7-12-9(11)6-8-4-2-1-3-5-8;9-8(10)6-7-4-2-1-3-5-7;2-1-3;/h3-9,13-15,19,21-23H,10-12,16-18H2,1-2H3,(H2,37,38,40,44);3-4,7-9,13-16H,5-6,10-12,26H2,1-2H3;1-5H,6H2;1-5H,6H2;3H;/q;;;;;+1/p-1. The average molecular weight is 1550 g/mol. The molecule has 534 valence electrons. The van der Waals surface area contributed by atoms with Crippen LogP contribution in [-0.4, -0.2) is 119 Å². The maximum Gasteiger partial charge on any atom is 1.00 e. The van der Waals surface area contributed by atoms with E-state index in [1.165, 1.54) is 94.2 Å². The summed E-state index contributed by atoms with van der Waals surface area (Å²) in [5, 5.41) is 24.7. The van der Waals surface area contributed by atoms with Gasteiger partial charge in [0.15, 0.2) is 51.2 Å². The normalized spacial score (nSPS) is 17.5. The predicted octanol–water partition coefficient (Wildman–Crippen LogP) is 13.7. The molecular formula is C75H75AgClF2N11O9S3. The van der Waals surface area contributed by atoms with Crippen molar-refractivity contribution in [2.75, 3.05) is 78.8 Å². The van der Waals surface area contributed by atoms with Gasteiger partial charge >= 0.3 is 22.4 Å². The van der Waals surface area contributed by atoms with E-state index in [2.05, 4.69) is 67.1 Å². The van der Waals surface area contributed by atoms with Gasteiger partial charge in [-0.2, -0.15) is 5.26 Å². The third-order valence-electron chi connectivity index (χ3n) is 17.3. The van der Waals surface area contributed by atoms with E-state index in [1.54, 1.807) is 43.9 Å². The van der Waals surface area contributed by atoms with Crippen LogP contribution in [0.1, 0.15) is 42.4 Å². The first-order valence-electron chi connectivity index (χ1n) is 32.4. The minimum atomic E-state index is -0.639. The van der Waals surface area contributed by atoms with Crippen LogP contribution in [0.25, 0.3) is 21.8 Å². The second-order valence-corrected chi connectivity index (χ2v) is 26.6. The van der Waals surface area contributed by atoms with Crippen molar-refractivity contribution in [3.8, 4) is 57.1 Å². The molecule has 4 fully saturated rings. The summed E-state index contributed by atoms with van der Waals surface area (Å²) in [6.07, 6.45) is 8.36. The first-order chi connectivity index (χ1) is 48.9. The zero-order chi connectivity index (χ0) is 71.8. The SMILES string of the molecule is COc1cc2c(Oc3ccc(N)cc3F)ncnc2cc1OCC1CC2CN(C)CC2C1.COc1cc2c(Oc3ccc(NC(=S)NC(=O)Cc4ccccc4)cc3F)ncnc2cc1OCC1CC2CN(C)CC2C1.N#CSC(=O)Cc1ccccc1.N#C[S-].O=C(Cl)Cc1ccccc1.[Ag+]. The second kappa shape index (κ2) is 39.3. The first-order valence-corrected chi connectivity index (χ1v) is 34.4. The number of ether oxygens (including phenoxy) is 6. The molecule has 4 aliphatic rings. The van der Waals surface area contributed by atoms with Crippen LogP contribution in [-0.2, 0) is 68.7 Å². The Bertz CT molecular complexity index is 4380. The van der Waals surface area contributed by atoms with Gasteiger partial charge in [0.2, 0.25) is 28.0 Å². The Balaban J connectivity index is 0.000000196. The molecule has 20 nitrogen and oxygen atoms in total. The fourth-order valence-corrected chi connectivity index (χ4v) is 13.7. The number of nitrogens with one attached hydrogen (secondary N) is 2. The summed E-state index contributed by atoms with van der Waals surface area (Å²) in [6, 6.07) is 43.8. The number of hydrogen-bond donors (Lipinski definition) is 3. The number of amides is 1. The Labute approximate surface area is 626 Å². The topological polar surface area (TPSA) is 262 Å². The zero-order valence-electron chi connectivity index (χ0n) is 56.2. The number of nitrogen functional groups attached to an aromatic ring is 1. The molecule has 4 N–H and O–H groups in total. The largest absolute Gasteiger partial charge is 1.00 e. The van der Waals surface area contributed by atoms with Gasteiger partial charge in [-0.3, -0.25) is 14.4 Å². The molecule has 4 heterocycles. The Morgan fingerprint density at radius 3 is 1.44 bits per heavy atom. The number of aromatic nitrogens is 4. The fraction of sp³-hybridized carbons (Fsp3) is 0.307. The number of carbonyl (C=O) groups is 3. The van der Waals surface area contributed by atoms with Crippen molar-refractivity contribution >= 4 is 103 Å². The first kappa shape index (κ1) is 78.6. The number of hydrogen-bond acceptors (Lipinski definition) is 21. The summed E-state index contributed by atoms with van der Waals surface area (Å²) >= 11 is 14.8. The molecule has 0 spiro atoms. The van der Waals surface area contributed by atoms with Crippen molar-refractivity contribution in [3.63, 3.8) is 0 Å². The predicted molar refractivity (Wildman–Crippen MR) is 392 cm³/mol. The molecule has 2 aliphatic heterocycles. The molecule has 2 aliphatic carbocycles. The minimum Gasteiger partial charge on any atom is -0.696 e. The number of nitrogens with two attached hydrogens (primary N) is 1. The molecule has 9 aromatic rings. The quantitative estimate of drug-likeness (QED) is 0.0170. The summed E-state index contributed by atoms with van der Waals surface area (Å²) in [4.78, 5) is 55.6. The molecule has 2 saturated carbocycles. The second-order valence-electron chi connectivity index (χ2n) is 24.7. The Hall–Kier alpha value is -9.12. The fourth-order valence-electron chi connectivity index (χ4n) is 13.0. The van der Waals surface area contributed by atoms with Crippen molar-refractivity contribution in [2.24, 2.45) is 35.5 Å². The molecule has 1 amide bonds. The number of anilines is 2. The van der Waals surface area contributed by atoms with Crippen molar-refractivity contribution in [3.05, 3.63) is 193 Å². The Morgan fingerprint density at radius 1 is 0.608 bits per heavy atom. The van der Waals surface area contributed by atoms with E-state index >= 15 is 4.39 Å². The number of likely N-dealkylation sites (tertiary alicyclic amines) is 2. The van der Waals surface area contributed by atoms with Crippen molar-refractivity contribution in [2.45, 2.75) is 44.9 Å². The van der Waals surface area contributed by atoms with Crippen molar-refractivity contribution < 1.29 is 74.0 Å². The number of halogens is 3. The molecule has 102 heavy (non-hydrogen) atoms. The number of methoxy groups -OCH3 is 2. The van der Waals surface area contributed by atoms with E-state index in [4.69, 9.17) is 68.5 Å². The van der Waals surface area contributed by atoms with Gasteiger partial charge in [-0.05, 0) is 152 Å². The van der Waals surface area contributed by atoms with Gasteiger partial charge in [0.1, 0.15) is 18.1 Å². The average Bonchev–Trinajstić information content (AvgIpc) is 1.72. The molecule has 2 aromatic heterocycles. The molecule has 2 saturated heterocycles. The third-order valence-corrected chi connectivity index (χ3v) is 18.1. The maximum absolute atomic E-state index is 15.1. The van der Waals surface area contributed by atoms with Gasteiger partial charge in [0.05, 0.1) is 55.7 Å². The van der Waals surface area contributed by atoms with E-state index in [-0.39, 0.29) is 73.4 Å². The van der Waals surface area contributed by atoms with Gasteiger partial charge in [-0.25, -0.2) is 34.0 Å². The summed E-state index contributed by atoms with van der Waals surface area (Å²) in [6.45, 7) is 5.99. The number of nitrogens with zero attached hydrogens (tertiary/aromatic N) is 8. The van der Waals surface area contributed by atoms with E-state index in [0.29, 0.717) is 106 Å². The Morgan fingerprint density at radius 2 is 1.03 bits per heavy atom. The van der Waals surface area contributed by atoms with Gasteiger partial charge in [0.25, 0.3) is 0 Å². The smallest absolute Gasteiger partial charge is 0.696 e. The van der Waals surface area contributed by atoms with Crippen LogP contribution in [0.4, 0.5) is 20.2 Å². The minimum absolute atomic E-state index is 0. The van der Waals surface area contributed by atoms with Crippen LogP contribution in [0.15, 0.2) is 164 Å². The molecule has 7 aromatic carbocycles. The molecule has 27 heteroatoms. The third kappa shape index (κ3) is 23.2. The van der Waals surface area contributed by atoms with Crippen LogP contribution in [0.2, 0.25) is 0 Å². The number of rotatable bonds is 19. The van der Waals surface area contributed by atoms with E-state index in [0.717, 1.165) is 40.4 Å². The zero-order valence-corrected chi connectivity index (χ0v) is 60.9. The van der Waals surface area contributed by atoms with Gasteiger partial charge in [-0.15, -0.1) is 0 Å². The van der Waals surface area contributed by atoms with Crippen molar-refractivity contribution in [1.82, 2.24) is 35.1 Å². The van der Waals surface area contributed by atoms with Crippen LogP contribution < -0.4 is 44.8 Å². The maximum atomic E-state index is 15.1. The van der Waals surface area contributed by atoms with Gasteiger partial charge in [-0.1, -0.05) is 96.4 Å². The molecule has 0 bridgehead atoms. The number of carbonyl (C=O) groups excluding carboxylic acids is 3. The number of benzene rings is 7. The van der Waals surface area contributed by atoms with E-state index in [9.17, 15) is 18.8 Å². The van der Waals surface area contributed by atoms with Gasteiger partial charge < -0.3 is 67.2 Å². The number of fused-ring (bicyclic) bond motifs is 4. The molecule has 4 unspecified atom stereocenters. The summed E-state index contributed by atoms with van der Waals surface area (Å²) in [5.74, 6) is 5.42. The summed E-state index contributed by atoms with van der Waals surface area (Å²) in [5.41, 5.74) is 10.3. The van der Waals surface area contributed by atoms with Crippen LogP contribution in [0, 0.1) is 68.5 Å². The van der Waals surface area contributed by atoms with Crippen LogP contribution in [0.5, 0.6) is 46.3 Å². The van der Waals surface area contributed by atoms with E-state index < -0.39 is 11.6 Å². The summed E-state index contributed by atoms with van der Waals surface area (Å²) in [7, 11) is 7.56. The number of thioether (sulfide) groups is 1. The monoisotopic (exact) mass is 1550 g/mol. The molecular weight excluding hydrogens is 1480 g/mol.